The number of aryl methyl sites for hydroxylation is 2. The van der Waals surface area contributed by atoms with E-state index in [1.165, 1.54) is 0 Å². The summed E-state index contributed by atoms with van der Waals surface area (Å²) >= 11 is 0. The van der Waals surface area contributed by atoms with Gasteiger partial charge in [-0.15, -0.1) is 0 Å². The van der Waals surface area contributed by atoms with Gasteiger partial charge in [-0.3, -0.25) is 9.59 Å². The van der Waals surface area contributed by atoms with E-state index in [0.717, 1.165) is 28.0 Å². The Morgan fingerprint density at radius 1 is 1.03 bits per heavy atom. The molecule has 1 N–H and O–H groups in total. The van der Waals surface area contributed by atoms with Gasteiger partial charge in [0.15, 0.2) is 5.78 Å². The summed E-state index contributed by atoms with van der Waals surface area (Å²) in [6.07, 6.45) is 0. The average Bonchev–Trinajstić information content (AvgIpc) is 3.27. The predicted octanol–water partition coefficient (Wildman–Crippen LogP) is 4.67. The van der Waals surface area contributed by atoms with Crippen LogP contribution in [-0.2, 0) is 13.6 Å². The monoisotopic (exact) mass is 428 g/mol. The van der Waals surface area contributed by atoms with E-state index in [0.29, 0.717) is 17.0 Å². The largest absolute Gasteiger partial charge is 0.351 e. The maximum absolute atomic E-state index is 13.2. The number of benzene rings is 2. The van der Waals surface area contributed by atoms with E-state index in [1.54, 1.807) is 0 Å². The molecule has 0 unspecified atom stereocenters. The van der Waals surface area contributed by atoms with Gasteiger partial charge in [0, 0.05) is 29.6 Å². The highest BCUT2D eigenvalue weighted by Crippen LogP contribution is 2.23. The van der Waals surface area contributed by atoms with Gasteiger partial charge < -0.3 is 14.5 Å². The first-order valence-electron chi connectivity index (χ1n) is 10.7. The Balaban J connectivity index is 1.66. The number of carbonyl (C=O) groups excluding carboxylic acids is 2. The molecule has 0 aliphatic heterocycles. The van der Waals surface area contributed by atoms with Crippen LogP contribution in [0.25, 0.3) is 11.0 Å². The number of rotatable bonds is 6. The minimum absolute atomic E-state index is 0.0210. The molecule has 0 bridgehead atoms. The van der Waals surface area contributed by atoms with Crippen LogP contribution in [0.5, 0.6) is 0 Å². The van der Waals surface area contributed by atoms with Crippen LogP contribution in [0.2, 0.25) is 0 Å². The lowest BCUT2D eigenvalue weighted by atomic mass is 10.1. The van der Waals surface area contributed by atoms with Crippen LogP contribution in [0.15, 0.2) is 54.6 Å². The van der Waals surface area contributed by atoms with Gasteiger partial charge in [0.25, 0.3) is 5.91 Å². The molecule has 32 heavy (non-hydrogen) atoms. The van der Waals surface area contributed by atoms with Crippen LogP contribution in [0.4, 0.5) is 0 Å². The maximum Gasteiger partial charge on any atom is 0.251 e. The van der Waals surface area contributed by atoms with E-state index in [1.807, 2.05) is 98.5 Å². The Hall–Kier alpha value is -3.67. The van der Waals surface area contributed by atoms with Gasteiger partial charge >= 0.3 is 0 Å². The van der Waals surface area contributed by atoms with E-state index >= 15 is 0 Å². The van der Waals surface area contributed by atoms with Crippen molar-refractivity contribution < 1.29 is 9.59 Å². The Labute approximate surface area is 187 Å². The van der Waals surface area contributed by atoms with Crippen molar-refractivity contribution in [2.45, 2.75) is 40.3 Å². The molecule has 2 aromatic carbocycles. The topological polar surface area (TPSA) is 68.9 Å². The van der Waals surface area contributed by atoms with E-state index in [2.05, 4.69) is 5.32 Å². The van der Waals surface area contributed by atoms with Crippen LogP contribution in [-0.4, -0.2) is 25.8 Å². The third-order valence-electron chi connectivity index (χ3n) is 6.11. The Morgan fingerprint density at radius 2 is 1.72 bits per heavy atom. The number of hydrogen-bond donors (Lipinski definition) is 1. The summed E-state index contributed by atoms with van der Waals surface area (Å²) < 4.78 is 3.93. The van der Waals surface area contributed by atoms with Crippen molar-refractivity contribution in [2.75, 3.05) is 0 Å². The number of imidazole rings is 1. The highest BCUT2D eigenvalue weighted by molar-refractivity contribution is 5.98. The number of aromatic nitrogens is 3. The summed E-state index contributed by atoms with van der Waals surface area (Å²) in [5.41, 5.74) is 6.06. The third kappa shape index (κ3) is 3.96. The molecular formula is C26H28N4O2. The Morgan fingerprint density at radius 3 is 2.38 bits per heavy atom. The minimum Gasteiger partial charge on any atom is -0.351 e. The van der Waals surface area contributed by atoms with Crippen molar-refractivity contribution in [3.05, 3.63) is 88.5 Å². The highest BCUT2D eigenvalue weighted by atomic mass is 16.1. The predicted molar refractivity (Wildman–Crippen MR) is 126 cm³/mol. The Bertz CT molecular complexity index is 1310. The van der Waals surface area contributed by atoms with Crippen LogP contribution in [0.1, 0.15) is 56.5 Å². The molecule has 0 aliphatic rings. The van der Waals surface area contributed by atoms with Gasteiger partial charge in [-0.2, -0.15) is 0 Å². The average molecular weight is 429 g/mol. The molecule has 1 amide bonds. The van der Waals surface area contributed by atoms with Gasteiger partial charge in [0.1, 0.15) is 5.82 Å². The molecular weight excluding hydrogens is 400 g/mol. The molecule has 1 atom stereocenters. The fourth-order valence-corrected chi connectivity index (χ4v) is 4.01. The standard InChI is InChI=1S/C26H28N4O2/c1-16-10-12-20(13-11-16)26(32)27-18(3)25-28-22-8-6-7-9-23(22)30(25)15-24(31)21-14-17(2)29(5)19(21)4/h6-14,18H,15H2,1-5H3,(H,27,32)/t18-/m1/s1. The first kappa shape index (κ1) is 21.6. The lowest BCUT2D eigenvalue weighted by Crippen LogP contribution is -2.29. The van der Waals surface area contributed by atoms with Crippen LogP contribution in [0.3, 0.4) is 0 Å². The van der Waals surface area contributed by atoms with Gasteiger partial charge in [-0.1, -0.05) is 29.8 Å². The molecule has 0 spiro atoms. The zero-order valence-corrected chi connectivity index (χ0v) is 19.1. The number of hydrogen-bond acceptors (Lipinski definition) is 3. The molecule has 0 aliphatic carbocycles. The van der Waals surface area contributed by atoms with Crippen LogP contribution >= 0.6 is 0 Å². The summed E-state index contributed by atoms with van der Waals surface area (Å²) in [7, 11) is 1.96. The number of amides is 1. The van der Waals surface area contributed by atoms with Crippen molar-refractivity contribution in [3.63, 3.8) is 0 Å². The smallest absolute Gasteiger partial charge is 0.251 e. The van der Waals surface area contributed by atoms with Crippen LogP contribution in [0, 0.1) is 20.8 Å². The molecule has 6 heteroatoms. The van der Waals surface area contributed by atoms with E-state index in [-0.39, 0.29) is 24.3 Å². The zero-order chi connectivity index (χ0) is 23.0. The number of nitrogens with zero attached hydrogens (tertiary/aromatic N) is 3. The molecule has 164 valence electrons. The van der Waals surface area contributed by atoms with Gasteiger partial charge in [0.2, 0.25) is 0 Å². The van der Waals surface area contributed by atoms with Gasteiger partial charge in [-0.05, 0) is 58.0 Å². The van der Waals surface area contributed by atoms with E-state index in [4.69, 9.17) is 4.98 Å². The fraction of sp³-hybridized carbons (Fsp3) is 0.269. The molecule has 4 rings (SSSR count). The normalized spacial score (nSPS) is 12.2. The zero-order valence-electron chi connectivity index (χ0n) is 19.1. The molecule has 4 aromatic rings. The maximum atomic E-state index is 13.2. The SMILES string of the molecule is Cc1ccc(C(=O)N[C@H](C)c2nc3ccccc3n2CC(=O)c2cc(C)n(C)c2C)cc1. The second kappa shape index (κ2) is 8.46. The van der Waals surface area contributed by atoms with Gasteiger partial charge in [-0.25, -0.2) is 4.98 Å². The quantitative estimate of drug-likeness (QED) is 0.454. The van der Waals surface area contributed by atoms with E-state index in [9.17, 15) is 9.59 Å². The summed E-state index contributed by atoms with van der Waals surface area (Å²) in [6, 6.07) is 16.7. The lowest BCUT2D eigenvalue weighted by molar-refractivity contribution is 0.0937. The molecule has 0 saturated heterocycles. The van der Waals surface area contributed by atoms with Gasteiger partial charge in [0.05, 0.1) is 23.6 Å². The number of ketones is 1. The van der Waals surface area contributed by atoms with Crippen LogP contribution < -0.4 is 5.32 Å². The number of carbonyl (C=O) groups is 2. The first-order chi connectivity index (χ1) is 15.3. The molecule has 0 saturated carbocycles. The summed E-state index contributed by atoms with van der Waals surface area (Å²) in [5.74, 6) is 0.509. The van der Waals surface area contributed by atoms with E-state index < -0.39 is 0 Å². The third-order valence-corrected chi connectivity index (χ3v) is 6.11. The van der Waals surface area contributed by atoms with Crippen molar-refractivity contribution in [1.29, 1.82) is 0 Å². The van der Waals surface area contributed by atoms with Crippen molar-refractivity contribution in [1.82, 2.24) is 19.4 Å². The van der Waals surface area contributed by atoms with Crippen molar-refractivity contribution in [2.24, 2.45) is 7.05 Å². The molecule has 2 aromatic heterocycles. The number of fused-ring (bicyclic) bond motifs is 1. The van der Waals surface area contributed by atoms with Crippen molar-refractivity contribution >= 4 is 22.7 Å². The molecule has 6 nitrogen and oxygen atoms in total. The fourth-order valence-electron chi connectivity index (χ4n) is 4.01. The lowest BCUT2D eigenvalue weighted by Gasteiger charge is -2.16. The highest BCUT2D eigenvalue weighted by Gasteiger charge is 2.22. The minimum atomic E-state index is -0.373. The second-order valence-corrected chi connectivity index (χ2v) is 8.37. The molecule has 0 radical (unpaired) electrons. The second-order valence-electron chi connectivity index (χ2n) is 8.37. The molecule has 2 heterocycles. The van der Waals surface area contributed by atoms with Crippen molar-refractivity contribution in [3.8, 4) is 0 Å². The summed E-state index contributed by atoms with van der Waals surface area (Å²) in [5, 5.41) is 3.03. The summed E-state index contributed by atoms with van der Waals surface area (Å²) in [4.78, 5) is 30.8. The Kier molecular flexibility index (Phi) is 5.70. The number of para-hydroxylation sites is 2. The first-order valence-corrected chi connectivity index (χ1v) is 10.7. The number of nitrogens with one attached hydrogen (secondary N) is 1. The molecule has 0 fully saturated rings. The summed E-state index contributed by atoms with van der Waals surface area (Å²) in [6.45, 7) is 7.98. The number of Topliss-reactive ketones (excluding diaryl/α,β-unsaturated/α-hetero) is 1.